The van der Waals surface area contributed by atoms with E-state index in [1.807, 2.05) is 60.8 Å². The number of para-hydroxylation sites is 1. The number of nitrogens with zero attached hydrogens (tertiary/aromatic N) is 3. The van der Waals surface area contributed by atoms with Crippen molar-refractivity contribution in [2.45, 2.75) is 6.92 Å². The van der Waals surface area contributed by atoms with Crippen molar-refractivity contribution in [1.82, 2.24) is 9.97 Å². The van der Waals surface area contributed by atoms with Crippen molar-refractivity contribution >= 4 is 43.9 Å². The Hall–Kier alpha value is -2.61. The number of amides is 1. The van der Waals surface area contributed by atoms with E-state index >= 15 is 0 Å². The summed E-state index contributed by atoms with van der Waals surface area (Å²) in [5, 5.41) is 3.66. The van der Waals surface area contributed by atoms with Gasteiger partial charge in [0, 0.05) is 29.3 Å². The van der Waals surface area contributed by atoms with Gasteiger partial charge in [0.2, 0.25) is 0 Å². The summed E-state index contributed by atoms with van der Waals surface area (Å²) in [6, 6.07) is 15.5. The number of methoxy groups -OCH3 is 1. The fraction of sp³-hybridized carbons (Fsp3) is 0.190. The van der Waals surface area contributed by atoms with Gasteiger partial charge in [0.15, 0.2) is 5.13 Å². The van der Waals surface area contributed by atoms with Crippen LogP contribution in [0.2, 0.25) is 0 Å². The zero-order chi connectivity index (χ0) is 19.5. The van der Waals surface area contributed by atoms with Crippen molar-refractivity contribution in [3.8, 4) is 10.6 Å². The first-order chi connectivity index (χ1) is 13.7. The fourth-order valence-corrected chi connectivity index (χ4v) is 4.63. The van der Waals surface area contributed by atoms with Gasteiger partial charge in [-0.15, -0.1) is 11.3 Å². The van der Waals surface area contributed by atoms with E-state index < -0.39 is 0 Å². The van der Waals surface area contributed by atoms with E-state index in [0.29, 0.717) is 23.8 Å². The van der Waals surface area contributed by atoms with Gasteiger partial charge in [-0.2, -0.15) is 0 Å². The maximum Gasteiger partial charge on any atom is 0.260 e. The highest BCUT2D eigenvalue weighted by molar-refractivity contribution is 7.22. The van der Waals surface area contributed by atoms with Crippen LogP contribution in [0.25, 0.3) is 20.8 Å². The van der Waals surface area contributed by atoms with Crippen molar-refractivity contribution in [2.24, 2.45) is 0 Å². The van der Waals surface area contributed by atoms with E-state index in [2.05, 4.69) is 9.97 Å². The predicted molar refractivity (Wildman–Crippen MR) is 115 cm³/mol. The molecule has 5 nitrogen and oxygen atoms in total. The van der Waals surface area contributed by atoms with Gasteiger partial charge >= 0.3 is 0 Å². The number of benzene rings is 2. The Kier molecular flexibility index (Phi) is 5.47. The average Bonchev–Trinajstić information content (AvgIpc) is 3.34. The van der Waals surface area contributed by atoms with Gasteiger partial charge in [0.1, 0.15) is 5.01 Å². The first-order valence-corrected chi connectivity index (χ1v) is 10.5. The number of hydrogen-bond acceptors (Lipinski definition) is 6. The lowest BCUT2D eigenvalue weighted by Crippen LogP contribution is -2.33. The normalized spacial score (nSPS) is 11.1. The number of aryl methyl sites for hydroxylation is 1. The second-order valence-corrected chi connectivity index (χ2v) is 8.15. The Morgan fingerprint density at radius 1 is 1.11 bits per heavy atom. The molecule has 2 aromatic carbocycles. The highest BCUT2D eigenvalue weighted by atomic mass is 32.1. The van der Waals surface area contributed by atoms with Crippen LogP contribution in [0.4, 0.5) is 5.13 Å². The molecule has 28 heavy (non-hydrogen) atoms. The third-order valence-electron chi connectivity index (χ3n) is 4.28. The molecule has 142 valence electrons. The highest BCUT2D eigenvalue weighted by Gasteiger charge is 2.21. The van der Waals surface area contributed by atoms with Gasteiger partial charge in [0.25, 0.3) is 5.91 Å². The summed E-state index contributed by atoms with van der Waals surface area (Å²) >= 11 is 3.11. The molecule has 0 saturated carbocycles. The molecule has 0 spiro atoms. The third kappa shape index (κ3) is 3.82. The average molecular weight is 410 g/mol. The molecular formula is C21H19N3O2S2. The van der Waals surface area contributed by atoms with E-state index in [-0.39, 0.29) is 5.91 Å². The van der Waals surface area contributed by atoms with Crippen LogP contribution in [0.3, 0.4) is 0 Å². The minimum absolute atomic E-state index is 0.0852. The summed E-state index contributed by atoms with van der Waals surface area (Å²) in [6.45, 7) is 2.87. The van der Waals surface area contributed by atoms with Gasteiger partial charge < -0.3 is 4.74 Å². The summed E-state index contributed by atoms with van der Waals surface area (Å²) in [5.74, 6) is -0.0852. The van der Waals surface area contributed by atoms with E-state index in [1.54, 1.807) is 23.3 Å². The van der Waals surface area contributed by atoms with Crippen molar-refractivity contribution in [3.63, 3.8) is 0 Å². The fourth-order valence-electron chi connectivity index (χ4n) is 2.84. The second-order valence-electron chi connectivity index (χ2n) is 6.29. The minimum atomic E-state index is -0.0852. The van der Waals surface area contributed by atoms with Gasteiger partial charge in [-0.1, -0.05) is 35.6 Å². The third-order valence-corrected chi connectivity index (χ3v) is 6.34. The number of anilines is 1. The van der Waals surface area contributed by atoms with Gasteiger partial charge in [0.05, 0.1) is 23.4 Å². The monoisotopic (exact) mass is 409 g/mol. The molecule has 4 aromatic rings. The Morgan fingerprint density at radius 2 is 1.89 bits per heavy atom. The zero-order valence-corrected chi connectivity index (χ0v) is 17.2. The van der Waals surface area contributed by atoms with Crippen molar-refractivity contribution in [2.75, 3.05) is 25.2 Å². The van der Waals surface area contributed by atoms with E-state index in [0.717, 1.165) is 26.5 Å². The molecule has 0 N–H and O–H groups in total. The topological polar surface area (TPSA) is 55.3 Å². The second kappa shape index (κ2) is 8.18. The van der Waals surface area contributed by atoms with Crippen LogP contribution in [0.1, 0.15) is 16.1 Å². The van der Waals surface area contributed by atoms with Crippen LogP contribution in [0.5, 0.6) is 0 Å². The first kappa shape index (κ1) is 18.7. The Bertz CT molecular complexity index is 1070. The van der Waals surface area contributed by atoms with Crippen LogP contribution in [0, 0.1) is 6.92 Å². The summed E-state index contributed by atoms with van der Waals surface area (Å²) < 4.78 is 6.27. The van der Waals surface area contributed by atoms with Crippen LogP contribution < -0.4 is 4.90 Å². The number of rotatable bonds is 6. The maximum atomic E-state index is 13.2. The molecule has 0 bridgehead atoms. The molecule has 0 saturated heterocycles. The summed E-state index contributed by atoms with van der Waals surface area (Å²) in [5.41, 5.74) is 3.53. The van der Waals surface area contributed by atoms with Crippen molar-refractivity contribution in [3.05, 3.63) is 65.2 Å². The van der Waals surface area contributed by atoms with Gasteiger partial charge in [-0.25, -0.2) is 9.97 Å². The molecule has 2 heterocycles. The molecule has 0 aliphatic heterocycles. The van der Waals surface area contributed by atoms with E-state index in [9.17, 15) is 4.79 Å². The minimum Gasteiger partial charge on any atom is -0.383 e. The number of thiazole rings is 2. The molecule has 2 aromatic heterocycles. The van der Waals surface area contributed by atoms with Gasteiger partial charge in [-0.05, 0) is 31.2 Å². The highest BCUT2D eigenvalue weighted by Crippen LogP contribution is 2.30. The number of ether oxygens (including phenoxy) is 1. The molecule has 0 fully saturated rings. The Morgan fingerprint density at radius 3 is 2.57 bits per heavy atom. The summed E-state index contributed by atoms with van der Waals surface area (Å²) in [6.07, 6.45) is 0. The number of carbonyl (C=O) groups excluding carboxylic acids is 1. The lowest BCUT2D eigenvalue weighted by atomic mass is 10.1. The molecular weight excluding hydrogens is 390 g/mol. The predicted octanol–water partition coefficient (Wildman–Crippen LogP) is 5.02. The SMILES string of the molecule is COCCN(C(=O)c1ccc(-c2nc(C)cs2)cc1)c1nc2ccccc2s1. The number of hydrogen-bond donors (Lipinski definition) is 0. The first-order valence-electron chi connectivity index (χ1n) is 8.84. The Balaban J connectivity index is 1.63. The van der Waals surface area contributed by atoms with Crippen molar-refractivity contribution in [1.29, 1.82) is 0 Å². The summed E-state index contributed by atoms with van der Waals surface area (Å²) in [4.78, 5) is 24.0. The molecule has 0 radical (unpaired) electrons. The molecule has 0 unspecified atom stereocenters. The molecule has 0 atom stereocenters. The molecule has 7 heteroatoms. The standard InChI is InChI=1S/C21H19N3O2S2/c1-14-13-27-19(22-14)15-7-9-16(10-8-15)20(25)24(11-12-26-2)21-23-17-5-3-4-6-18(17)28-21/h3-10,13H,11-12H2,1-2H3. The lowest BCUT2D eigenvalue weighted by molar-refractivity contribution is 0.0976. The van der Waals surface area contributed by atoms with Crippen LogP contribution in [-0.4, -0.2) is 36.1 Å². The molecule has 1 amide bonds. The largest absolute Gasteiger partial charge is 0.383 e. The lowest BCUT2D eigenvalue weighted by Gasteiger charge is -2.19. The molecule has 0 aliphatic rings. The van der Waals surface area contributed by atoms with Gasteiger partial charge in [-0.3, -0.25) is 9.69 Å². The van der Waals surface area contributed by atoms with Crippen LogP contribution in [-0.2, 0) is 4.74 Å². The summed E-state index contributed by atoms with van der Waals surface area (Å²) in [7, 11) is 1.63. The number of fused-ring (bicyclic) bond motifs is 1. The quantitative estimate of drug-likeness (QED) is 0.449. The van der Waals surface area contributed by atoms with Crippen LogP contribution >= 0.6 is 22.7 Å². The van der Waals surface area contributed by atoms with Crippen molar-refractivity contribution < 1.29 is 9.53 Å². The number of carbonyl (C=O) groups is 1. The molecule has 0 aliphatic carbocycles. The zero-order valence-electron chi connectivity index (χ0n) is 15.6. The maximum absolute atomic E-state index is 13.2. The van der Waals surface area contributed by atoms with E-state index in [4.69, 9.17) is 4.74 Å². The Labute approximate surface area is 171 Å². The van der Waals surface area contributed by atoms with E-state index in [1.165, 1.54) is 11.3 Å². The van der Waals surface area contributed by atoms with Crippen LogP contribution in [0.15, 0.2) is 53.9 Å². The number of aromatic nitrogens is 2. The smallest absolute Gasteiger partial charge is 0.260 e. The molecule has 4 rings (SSSR count).